The van der Waals surface area contributed by atoms with Gasteiger partial charge in [-0.15, -0.1) is 0 Å². The molecule has 0 aliphatic rings. The second kappa shape index (κ2) is 5.37. The molecule has 4 heteroatoms. The highest BCUT2D eigenvalue weighted by molar-refractivity contribution is 9.10. The second-order valence-corrected chi connectivity index (χ2v) is 4.11. The first kappa shape index (κ1) is 11.5. The number of halogens is 1. The average molecular weight is 287 g/mol. The fraction of sp³-hybridized carbons (Fsp3) is 0. The van der Waals surface area contributed by atoms with Crippen LogP contribution in [0.4, 0.5) is 0 Å². The lowest BCUT2D eigenvalue weighted by atomic mass is 10.1. The minimum atomic E-state index is 0.575. The van der Waals surface area contributed by atoms with Gasteiger partial charge in [0.1, 0.15) is 0 Å². The van der Waals surface area contributed by atoms with Crippen molar-refractivity contribution >= 4 is 22.2 Å². The monoisotopic (exact) mass is 286 g/mol. The van der Waals surface area contributed by atoms with Gasteiger partial charge in [0, 0.05) is 23.5 Å². The Bertz CT molecular complexity index is 580. The summed E-state index contributed by atoms with van der Waals surface area (Å²) >= 11 is 3.28. The standard InChI is InChI=1S/C13H7BrN2O/c14-12-8-15-13(16-9-12)11-5-3-10(4-6-11)2-1-7-17/h3-9H. The van der Waals surface area contributed by atoms with E-state index >= 15 is 0 Å². The number of carbonyl (C=O) groups is 1. The fourth-order valence-electron chi connectivity index (χ4n) is 1.28. The van der Waals surface area contributed by atoms with E-state index in [2.05, 4.69) is 37.7 Å². The van der Waals surface area contributed by atoms with Crippen molar-refractivity contribution in [3.63, 3.8) is 0 Å². The third kappa shape index (κ3) is 2.99. The molecule has 0 radical (unpaired) electrons. The van der Waals surface area contributed by atoms with Gasteiger partial charge in [-0.25, -0.2) is 9.97 Å². The number of hydrogen-bond acceptors (Lipinski definition) is 3. The van der Waals surface area contributed by atoms with Crippen LogP contribution in [-0.4, -0.2) is 16.3 Å². The highest BCUT2D eigenvalue weighted by atomic mass is 79.9. The summed E-state index contributed by atoms with van der Waals surface area (Å²) in [5, 5.41) is 0. The van der Waals surface area contributed by atoms with E-state index in [-0.39, 0.29) is 0 Å². The molecular weight excluding hydrogens is 280 g/mol. The van der Waals surface area contributed by atoms with Crippen LogP contribution in [0.3, 0.4) is 0 Å². The van der Waals surface area contributed by atoms with Crippen LogP contribution in [0.2, 0.25) is 0 Å². The molecule has 1 heterocycles. The fourth-order valence-corrected chi connectivity index (χ4v) is 1.48. The molecule has 0 unspecified atom stereocenters. The molecule has 0 atom stereocenters. The first-order chi connectivity index (χ1) is 8.29. The molecule has 0 saturated heterocycles. The van der Waals surface area contributed by atoms with Crippen molar-refractivity contribution in [2.45, 2.75) is 0 Å². The predicted molar refractivity (Wildman–Crippen MR) is 68.1 cm³/mol. The Balaban J connectivity index is 2.29. The van der Waals surface area contributed by atoms with Gasteiger partial charge in [0.05, 0.1) is 4.47 Å². The molecule has 0 aliphatic heterocycles. The van der Waals surface area contributed by atoms with Gasteiger partial charge in [0.15, 0.2) is 12.1 Å². The third-order valence-corrected chi connectivity index (χ3v) is 2.45. The number of carbonyl (C=O) groups excluding carboxylic acids is 1. The second-order valence-electron chi connectivity index (χ2n) is 3.19. The van der Waals surface area contributed by atoms with E-state index in [4.69, 9.17) is 0 Å². The molecule has 0 spiro atoms. The molecule has 3 nitrogen and oxygen atoms in total. The van der Waals surface area contributed by atoms with Crippen LogP contribution in [0.15, 0.2) is 41.1 Å². The Labute approximate surface area is 107 Å². The van der Waals surface area contributed by atoms with Crippen molar-refractivity contribution in [1.29, 1.82) is 0 Å². The number of aromatic nitrogens is 2. The molecule has 0 aliphatic carbocycles. The van der Waals surface area contributed by atoms with Crippen molar-refractivity contribution < 1.29 is 4.79 Å². The first-order valence-electron chi connectivity index (χ1n) is 4.83. The maximum absolute atomic E-state index is 10.1. The van der Waals surface area contributed by atoms with E-state index in [1.54, 1.807) is 12.4 Å². The van der Waals surface area contributed by atoms with E-state index in [0.29, 0.717) is 12.1 Å². The SMILES string of the molecule is O=CC#Cc1ccc(-c2ncc(Br)cn2)cc1. The molecule has 0 saturated carbocycles. The van der Waals surface area contributed by atoms with Crippen molar-refractivity contribution in [1.82, 2.24) is 9.97 Å². The van der Waals surface area contributed by atoms with Gasteiger partial charge < -0.3 is 0 Å². The number of aldehydes is 1. The van der Waals surface area contributed by atoms with E-state index in [9.17, 15) is 4.79 Å². The Morgan fingerprint density at radius 1 is 1.12 bits per heavy atom. The van der Waals surface area contributed by atoms with Gasteiger partial charge in [0.2, 0.25) is 0 Å². The molecule has 1 aromatic carbocycles. The summed E-state index contributed by atoms with van der Waals surface area (Å²) in [4.78, 5) is 18.5. The van der Waals surface area contributed by atoms with Crippen LogP contribution in [0.1, 0.15) is 5.56 Å². The highest BCUT2D eigenvalue weighted by Gasteiger charge is 1.99. The molecule has 17 heavy (non-hydrogen) atoms. The predicted octanol–water partition coefficient (Wildman–Crippen LogP) is 2.46. The van der Waals surface area contributed by atoms with Gasteiger partial charge in [-0.3, -0.25) is 4.79 Å². The summed E-state index contributed by atoms with van der Waals surface area (Å²) in [5.74, 6) is 5.73. The Morgan fingerprint density at radius 2 is 1.76 bits per heavy atom. The maximum atomic E-state index is 10.1. The maximum Gasteiger partial charge on any atom is 0.193 e. The topological polar surface area (TPSA) is 42.9 Å². The molecular formula is C13H7BrN2O. The molecule has 1 aromatic heterocycles. The van der Waals surface area contributed by atoms with E-state index in [0.717, 1.165) is 15.6 Å². The summed E-state index contributed by atoms with van der Waals surface area (Å²) in [7, 11) is 0. The molecule has 0 fully saturated rings. The average Bonchev–Trinajstić information content (AvgIpc) is 2.38. The molecule has 0 N–H and O–H groups in total. The zero-order valence-electron chi connectivity index (χ0n) is 8.72. The number of nitrogens with zero attached hydrogens (tertiary/aromatic N) is 2. The van der Waals surface area contributed by atoms with E-state index in [1.165, 1.54) is 0 Å². The normalized spacial score (nSPS) is 9.24. The quantitative estimate of drug-likeness (QED) is 0.597. The Hall–Kier alpha value is -1.99. The molecule has 2 rings (SSSR count). The lowest BCUT2D eigenvalue weighted by Gasteiger charge is -1.99. The van der Waals surface area contributed by atoms with Crippen LogP contribution in [0.5, 0.6) is 0 Å². The summed E-state index contributed by atoms with van der Waals surface area (Å²) in [6.07, 6.45) is 3.97. The Kier molecular flexibility index (Phi) is 3.63. The molecule has 2 aromatic rings. The van der Waals surface area contributed by atoms with Crippen LogP contribution in [0.25, 0.3) is 11.4 Å². The van der Waals surface area contributed by atoms with Crippen molar-refractivity contribution in [3.05, 3.63) is 46.7 Å². The van der Waals surface area contributed by atoms with Gasteiger partial charge >= 0.3 is 0 Å². The van der Waals surface area contributed by atoms with Crippen LogP contribution < -0.4 is 0 Å². The molecule has 82 valence electrons. The first-order valence-corrected chi connectivity index (χ1v) is 5.62. The summed E-state index contributed by atoms with van der Waals surface area (Å²) in [6, 6.07) is 7.41. The lowest BCUT2D eigenvalue weighted by Crippen LogP contribution is -1.87. The van der Waals surface area contributed by atoms with Gasteiger partial charge in [-0.1, -0.05) is 5.92 Å². The van der Waals surface area contributed by atoms with E-state index in [1.807, 2.05) is 24.3 Å². The Morgan fingerprint density at radius 3 is 2.35 bits per heavy atom. The smallest absolute Gasteiger partial charge is 0.193 e. The van der Waals surface area contributed by atoms with Gasteiger partial charge in [-0.05, 0) is 46.1 Å². The number of rotatable bonds is 1. The van der Waals surface area contributed by atoms with Crippen molar-refractivity contribution in [2.75, 3.05) is 0 Å². The highest BCUT2D eigenvalue weighted by Crippen LogP contribution is 2.16. The number of benzene rings is 1. The summed E-state index contributed by atoms with van der Waals surface area (Å²) in [6.45, 7) is 0. The van der Waals surface area contributed by atoms with Gasteiger partial charge in [0.25, 0.3) is 0 Å². The number of hydrogen-bond donors (Lipinski definition) is 0. The van der Waals surface area contributed by atoms with Crippen LogP contribution in [-0.2, 0) is 4.79 Å². The molecule has 0 amide bonds. The minimum Gasteiger partial charge on any atom is -0.289 e. The van der Waals surface area contributed by atoms with Crippen LogP contribution >= 0.6 is 15.9 Å². The summed E-state index contributed by atoms with van der Waals surface area (Å²) in [5.41, 5.74) is 1.70. The molecule has 0 bridgehead atoms. The van der Waals surface area contributed by atoms with Crippen molar-refractivity contribution in [2.24, 2.45) is 0 Å². The van der Waals surface area contributed by atoms with Gasteiger partial charge in [-0.2, -0.15) is 0 Å². The van der Waals surface area contributed by atoms with Crippen LogP contribution in [0, 0.1) is 11.8 Å². The zero-order chi connectivity index (χ0) is 12.1. The minimum absolute atomic E-state index is 0.575. The zero-order valence-corrected chi connectivity index (χ0v) is 10.3. The lowest BCUT2D eigenvalue weighted by molar-refractivity contribution is -0.103. The summed E-state index contributed by atoms with van der Waals surface area (Å²) < 4.78 is 0.842. The van der Waals surface area contributed by atoms with E-state index < -0.39 is 0 Å². The third-order valence-electron chi connectivity index (χ3n) is 2.04. The largest absolute Gasteiger partial charge is 0.289 e. The van der Waals surface area contributed by atoms with Crippen molar-refractivity contribution in [3.8, 4) is 23.2 Å².